The van der Waals surface area contributed by atoms with Crippen LogP contribution in [0.25, 0.3) is 0 Å². The van der Waals surface area contributed by atoms with Gasteiger partial charge in [-0.25, -0.2) is 15.0 Å². The van der Waals surface area contributed by atoms with Gasteiger partial charge in [0.15, 0.2) is 5.69 Å². The van der Waals surface area contributed by atoms with E-state index in [0.29, 0.717) is 23.0 Å². The molecule has 0 unspecified atom stereocenters. The first kappa shape index (κ1) is 16.5. The minimum Gasteiger partial charge on any atom is -0.397 e. The Morgan fingerprint density at radius 1 is 0.957 bits per heavy atom. The molecular formula is C15H20N8. The van der Waals surface area contributed by atoms with Gasteiger partial charge in [-0.05, 0) is 25.9 Å². The first-order chi connectivity index (χ1) is 11.2. The SMILES string of the molecule is C1CCNCC1.N#Cc1cnc(Nc2cc(N)c(N)cn2)cn1. The average Bonchev–Trinajstić information content (AvgIpc) is 2.61. The van der Waals surface area contributed by atoms with E-state index in [1.165, 1.54) is 50.9 Å². The van der Waals surface area contributed by atoms with Crippen molar-refractivity contribution in [2.24, 2.45) is 0 Å². The maximum absolute atomic E-state index is 8.57. The number of nitrogens with zero attached hydrogens (tertiary/aromatic N) is 4. The third-order valence-corrected chi connectivity index (χ3v) is 3.20. The van der Waals surface area contributed by atoms with Crippen LogP contribution < -0.4 is 22.1 Å². The molecule has 23 heavy (non-hydrogen) atoms. The van der Waals surface area contributed by atoms with Crippen molar-refractivity contribution in [3.05, 3.63) is 30.4 Å². The lowest BCUT2D eigenvalue weighted by Crippen LogP contribution is -2.21. The lowest BCUT2D eigenvalue weighted by molar-refractivity contribution is 0.520. The zero-order valence-corrected chi connectivity index (χ0v) is 12.8. The molecule has 8 nitrogen and oxygen atoms in total. The lowest BCUT2D eigenvalue weighted by Gasteiger charge is -2.08. The number of nitriles is 1. The van der Waals surface area contributed by atoms with Gasteiger partial charge in [-0.1, -0.05) is 6.42 Å². The van der Waals surface area contributed by atoms with E-state index in [4.69, 9.17) is 16.7 Å². The van der Waals surface area contributed by atoms with Gasteiger partial charge in [0, 0.05) is 6.07 Å². The Kier molecular flexibility index (Phi) is 6.08. The molecule has 0 aliphatic carbocycles. The van der Waals surface area contributed by atoms with Crippen LogP contribution in [0.4, 0.5) is 23.0 Å². The Hall–Kier alpha value is -2.92. The Bertz CT molecular complexity index is 647. The fraction of sp³-hybridized carbons (Fsp3) is 0.333. The molecule has 1 fully saturated rings. The van der Waals surface area contributed by atoms with Crippen molar-refractivity contribution in [1.82, 2.24) is 20.3 Å². The minimum atomic E-state index is 0.250. The zero-order valence-electron chi connectivity index (χ0n) is 12.8. The number of hydrogen-bond donors (Lipinski definition) is 4. The van der Waals surface area contributed by atoms with E-state index >= 15 is 0 Å². The predicted molar refractivity (Wildman–Crippen MR) is 89.8 cm³/mol. The van der Waals surface area contributed by atoms with E-state index in [-0.39, 0.29) is 5.69 Å². The second-order valence-electron chi connectivity index (χ2n) is 5.03. The predicted octanol–water partition coefficient (Wildman–Crippen LogP) is 1.41. The second-order valence-corrected chi connectivity index (χ2v) is 5.03. The molecule has 0 spiro atoms. The number of aromatic nitrogens is 3. The minimum absolute atomic E-state index is 0.250. The first-order valence-corrected chi connectivity index (χ1v) is 7.40. The normalized spacial score (nSPS) is 13.3. The molecule has 1 aliphatic rings. The van der Waals surface area contributed by atoms with Crippen molar-refractivity contribution in [2.75, 3.05) is 29.9 Å². The monoisotopic (exact) mass is 312 g/mol. The molecule has 3 rings (SSSR count). The molecule has 3 heterocycles. The highest BCUT2D eigenvalue weighted by molar-refractivity contribution is 5.67. The molecule has 2 aromatic heterocycles. The van der Waals surface area contributed by atoms with Gasteiger partial charge < -0.3 is 22.1 Å². The Morgan fingerprint density at radius 2 is 1.70 bits per heavy atom. The number of anilines is 4. The molecule has 0 radical (unpaired) electrons. The summed E-state index contributed by atoms with van der Waals surface area (Å²) in [5.41, 5.74) is 12.3. The number of nitrogens with one attached hydrogen (secondary N) is 2. The third-order valence-electron chi connectivity index (χ3n) is 3.20. The molecule has 8 heteroatoms. The summed E-state index contributed by atoms with van der Waals surface area (Å²) in [7, 11) is 0. The van der Waals surface area contributed by atoms with Crippen LogP contribution in [-0.2, 0) is 0 Å². The highest BCUT2D eigenvalue weighted by atomic mass is 15.1. The topological polar surface area (TPSA) is 139 Å². The van der Waals surface area contributed by atoms with Crippen molar-refractivity contribution >= 4 is 23.0 Å². The van der Waals surface area contributed by atoms with E-state index in [1.807, 2.05) is 6.07 Å². The molecule has 0 aromatic carbocycles. The standard InChI is InChI=1S/C10H9N7.C5H11N/c11-2-6-3-15-10(5-14-6)17-9-1-7(12)8(13)4-16-9;1-2-4-6-5-3-1/h1,3-5H,13H2,(H3,12,15,16,17);6H,1-5H2. The van der Waals surface area contributed by atoms with Crippen molar-refractivity contribution in [3.8, 4) is 6.07 Å². The Labute approximate surface area is 135 Å². The van der Waals surface area contributed by atoms with E-state index in [0.717, 1.165) is 0 Å². The van der Waals surface area contributed by atoms with Crippen LogP contribution in [0.1, 0.15) is 25.0 Å². The highest BCUT2D eigenvalue weighted by Gasteiger charge is 2.01. The summed E-state index contributed by atoms with van der Waals surface area (Å²) in [4.78, 5) is 11.9. The quantitative estimate of drug-likeness (QED) is 0.653. The Balaban J connectivity index is 0.000000268. The molecule has 1 aliphatic heterocycles. The molecule has 120 valence electrons. The van der Waals surface area contributed by atoms with Gasteiger partial charge in [0.2, 0.25) is 0 Å². The van der Waals surface area contributed by atoms with Gasteiger partial charge in [0.1, 0.15) is 17.7 Å². The molecule has 1 saturated heterocycles. The van der Waals surface area contributed by atoms with Gasteiger partial charge in [0.25, 0.3) is 0 Å². The van der Waals surface area contributed by atoms with Gasteiger partial charge in [0.05, 0.1) is 30.0 Å². The second kappa shape index (κ2) is 8.51. The number of nitrogen functional groups attached to an aromatic ring is 2. The number of hydrogen-bond acceptors (Lipinski definition) is 8. The molecule has 0 saturated carbocycles. The van der Waals surface area contributed by atoms with Crippen molar-refractivity contribution < 1.29 is 0 Å². The van der Waals surface area contributed by atoms with Crippen LogP contribution in [-0.4, -0.2) is 28.0 Å². The summed E-state index contributed by atoms with van der Waals surface area (Å²) >= 11 is 0. The summed E-state index contributed by atoms with van der Waals surface area (Å²) < 4.78 is 0. The average molecular weight is 312 g/mol. The third kappa shape index (κ3) is 5.41. The fourth-order valence-corrected chi connectivity index (χ4v) is 1.93. The molecule has 0 bridgehead atoms. The smallest absolute Gasteiger partial charge is 0.158 e. The summed E-state index contributed by atoms with van der Waals surface area (Å²) in [6, 6.07) is 3.47. The van der Waals surface area contributed by atoms with Crippen molar-refractivity contribution in [1.29, 1.82) is 5.26 Å². The Morgan fingerprint density at radius 3 is 2.17 bits per heavy atom. The summed E-state index contributed by atoms with van der Waals surface area (Å²) in [6.07, 6.45) is 8.47. The maximum atomic E-state index is 8.57. The molecular weight excluding hydrogens is 292 g/mol. The van der Waals surface area contributed by atoms with E-state index < -0.39 is 0 Å². The number of nitrogens with two attached hydrogens (primary N) is 2. The van der Waals surface area contributed by atoms with Gasteiger partial charge in [-0.3, -0.25) is 0 Å². The molecule has 6 N–H and O–H groups in total. The maximum Gasteiger partial charge on any atom is 0.158 e. The van der Waals surface area contributed by atoms with Gasteiger partial charge in [-0.2, -0.15) is 5.26 Å². The van der Waals surface area contributed by atoms with Crippen molar-refractivity contribution in [2.45, 2.75) is 19.3 Å². The molecule has 0 amide bonds. The highest BCUT2D eigenvalue weighted by Crippen LogP contribution is 2.18. The molecule has 2 aromatic rings. The van der Waals surface area contributed by atoms with E-state index in [2.05, 4.69) is 25.6 Å². The summed E-state index contributed by atoms with van der Waals surface area (Å²) in [6.45, 7) is 2.50. The zero-order chi connectivity index (χ0) is 16.5. The van der Waals surface area contributed by atoms with Crippen LogP contribution in [0.15, 0.2) is 24.7 Å². The van der Waals surface area contributed by atoms with Crippen LogP contribution in [0.2, 0.25) is 0 Å². The van der Waals surface area contributed by atoms with Crippen LogP contribution in [0.5, 0.6) is 0 Å². The summed E-state index contributed by atoms with van der Waals surface area (Å²) in [5.74, 6) is 0.983. The fourth-order valence-electron chi connectivity index (χ4n) is 1.93. The first-order valence-electron chi connectivity index (χ1n) is 7.40. The van der Waals surface area contributed by atoms with Crippen LogP contribution in [0, 0.1) is 11.3 Å². The largest absolute Gasteiger partial charge is 0.397 e. The number of piperidine rings is 1. The number of rotatable bonds is 2. The van der Waals surface area contributed by atoms with Crippen molar-refractivity contribution in [3.63, 3.8) is 0 Å². The van der Waals surface area contributed by atoms with E-state index in [1.54, 1.807) is 6.07 Å². The van der Waals surface area contributed by atoms with E-state index in [9.17, 15) is 0 Å². The lowest BCUT2D eigenvalue weighted by atomic mass is 10.2. The van der Waals surface area contributed by atoms with Crippen LogP contribution in [0.3, 0.4) is 0 Å². The number of pyridine rings is 1. The van der Waals surface area contributed by atoms with Gasteiger partial charge in [-0.15, -0.1) is 0 Å². The molecule has 0 atom stereocenters. The summed E-state index contributed by atoms with van der Waals surface area (Å²) in [5, 5.41) is 14.7. The van der Waals surface area contributed by atoms with Crippen LogP contribution >= 0.6 is 0 Å². The van der Waals surface area contributed by atoms with Gasteiger partial charge >= 0.3 is 0 Å².